The van der Waals surface area contributed by atoms with E-state index in [2.05, 4.69) is 37.3 Å². The van der Waals surface area contributed by atoms with Crippen LogP contribution < -0.4 is 5.32 Å². The lowest BCUT2D eigenvalue weighted by Gasteiger charge is -2.49. The van der Waals surface area contributed by atoms with Crippen LogP contribution in [0.4, 0.5) is 0 Å². The monoisotopic (exact) mass is 417 g/mol. The molecule has 4 rings (SSSR count). The van der Waals surface area contributed by atoms with E-state index < -0.39 is 0 Å². The van der Waals surface area contributed by atoms with Gasteiger partial charge < -0.3 is 10.2 Å². The minimum absolute atomic E-state index is 0.0643. The molecule has 2 aliphatic rings. The Labute approximate surface area is 176 Å². The molecule has 1 amide bonds. The van der Waals surface area contributed by atoms with Crippen LogP contribution in [0.1, 0.15) is 42.5 Å². The number of nitrogens with zero attached hydrogens (tertiary/aromatic N) is 6. The van der Waals surface area contributed by atoms with Crippen LogP contribution in [0.15, 0.2) is 24.9 Å². The largest absolute Gasteiger partial charge is 0.350 e. The summed E-state index contributed by atoms with van der Waals surface area (Å²) in [5.74, 6) is 0.378. The Balaban J connectivity index is 1.45. The Morgan fingerprint density at radius 1 is 1.14 bits per heavy atom. The zero-order valence-corrected chi connectivity index (χ0v) is 17.6. The first-order valence-electron chi connectivity index (χ1n) is 10.3. The fourth-order valence-electron chi connectivity index (χ4n) is 4.50. The van der Waals surface area contributed by atoms with E-state index in [0.717, 1.165) is 39.0 Å². The van der Waals surface area contributed by atoms with E-state index in [1.54, 1.807) is 16.8 Å². The van der Waals surface area contributed by atoms with Gasteiger partial charge in [0, 0.05) is 44.5 Å². The maximum absolute atomic E-state index is 12.8. The van der Waals surface area contributed by atoms with Gasteiger partial charge in [-0.1, -0.05) is 30.9 Å². The number of aromatic nitrogens is 4. The average Bonchev–Trinajstić information content (AvgIpc) is 3.27. The SMILES string of the molecule is CN1CCN(C2(CNC(=O)c3cnc(-n4cnnc4)c(Cl)c3)CCCCC2)CC1. The van der Waals surface area contributed by atoms with Gasteiger partial charge in [-0.2, -0.15) is 0 Å². The van der Waals surface area contributed by atoms with Crippen LogP contribution in [-0.2, 0) is 0 Å². The van der Waals surface area contributed by atoms with E-state index in [-0.39, 0.29) is 11.4 Å². The minimum atomic E-state index is -0.131. The summed E-state index contributed by atoms with van der Waals surface area (Å²) in [5.41, 5.74) is 0.533. The van der Waals surface area contributed by atoms with Gasteiger partial charge >= 0.3 is 0 Å². The first kappa shape index (κ1) is 20.3. The van der Waals surface area contributed by atoms with Crippen LogP contribution >= 0.6 is 11.6 Å². The second-order valence-electron chi connectivity index (χ2n) is 8.16. The number of hydrogen-bond donors (Lipinski definition) is 1. The predicted octanol–water partition coefficient (Wildman–Crippen LogP) is 2.00. The van der Waals surface area contributed by atoms with Crippen LogP contribution in [0, 0.1) is 0 Å². The Morgan fingerprint density at radius 3 is 2.48 bits per heavy atom. The fourth-order valence-corrected chi connectivity index (χ4v) is 4.76. The molecule has 1 saturated carbocycles. The van der Waals surface area contributed by atoms with E-state index in [1.165, 1.54) is 31.9 Å². The van der Waals surface area contributed by atoms with Gasteiger partial charge in [0.25, 0.3) is 5.91 Å². The lowest BCUT2D eigenvalue weighted by Crippen LogP contribution is -2.61. The van der Waals surface area contributed by atoms with Crippen LogP contribution in [0.2, 0.25) is 5.02 Å². The molecule has 2 fully saturated rings. The van der Waals surface area contributed by atoms with Gasteiger partial charge in [-0.25, -0.2) is 4.98 Å². The molecule has 9 heteroatoms. The number of pyridine rings is 1. The van der Waals surface area contributed by atoms with Gasteiger partial charge in [0.15, 0.2) is 5.82 Å². The number of likely N-dealkylation sites (N-methyl/N-ethyl adjacent to an activating group) is 1. The molecule has 3 heterocycles. The molecule has 1 N–H and O–H groups in total. The molecule has 1 aliphatic carbocycles. The van der Waals surface area contributed by atoms with Gasteiger partial charge in [0.1, 0.15) is 12.7 Å². The van der Waals surface area contributed by atoms with Gasteiger partial charge in [0.05, 0.1) is 10.6 Å². The van der Waals surface area contributed by atoms with Crippen molar-refractivity contribution in [1.29, 1.82) is 0 Å². The second kappa shape index (κ2) is 8.77. The van der Waals surface area contributed by atoms with Crippen molar-refractivity contribution >= 4 is 17.5 Å². The normalized spacial score (nSPS) is 20.5. The van der Waals surface area contributed by atoms with Crippen molar-refractivity contribution in [2.75, 3.05) is 39.8 Å². The summed E-state index contributed by atoms with van der Waals surface area (Å²) in [7, 11) is 2.17. The molecular formula is C20H28ClN7O. The van der Waals surface area contributed by atoms with Crippen molar-refractivity contribution in [3.63, 3.8) is 0 Å². The van der Waals surface area contributed by atoms with Crippen molar-refractivity contribution in [3.05, 3.63) is 35.5 Å². The summed E-state index contributed by atoms with van der Waals surface area (Å²) in [6, 6.07) is 1.66. The predicted molar refractivity (Wildman–Crippen MR) is 111 cm³/mol. The molecular weight excluding hydrogens is 390 g/mol. The van der Waals surface area contributed by atoms with Gasteiger partial charge in [-0.3, -0.25) is 14.3 Å². The summed E-state index contributed by atoms with van der Waals surface area (Å²) < 4.78 is 1.62. The number of nitrogens with one attached hydrogen (secondary N) is 1. The lowest BCUT2D eigenvalue weighted by atomic mass is 9.79. The molecule has 0 aromatic carbocycles. The first-order valence-corrected chi connectivity index (χ1v) is 10.7. The van der Waals surface area contributed by atoms with Gasteiger partial charge in [-0.15, -0.1) is 10.2 Å². The molecule has 0 spiro atoms. The van der Waals surface area contributed by atoms with E-state index in [9.17, 15) is 4.79 Å². The average molecular weight is 418 g/mol. The number of carbonyl (C=O) groups is 1. The van der Waals surface area contributed by atoms with E-state index in [0.29, 0.717) is 22.9 Å². The summed E-state index contributed by atoms with van der Waals surface area (Å²) >= 11 is 6.34. The molecule has 0 radical (unpaired) electrons. The standard InChI is InChI=1S/C20H28ClN7O/c1-26-7-9-28(10-8-26)20(5-3-2-4-6-20)13-23-19(29)16-11-17(21)18(22-12-16)27-14-24-25-15-27/h11-12,14-15H,2-10,13H2,1H3,(H,23,29). The minimum Gasteiger partial charge on any atom is -0.350 e. The highest BCUT2D eigenvalue weighted by molar-refractivity contribution is 6.32. The van der Waals surface area contributed by atoms with Crippen molar-refractivity contribution in [1.82, 2.24) is 34.9 Å². The summed E-state index contributed by atoms with van der Waals surface area (Å²) in [6.07, 6.45) is 10.6. The van der Waals surface area contributed by atoms with Crippen molar-refractivity contribution < 1.29 is 4.79 Å². The quantitative estimate of drug-likeness (QED) is 0.801. The third-order valence-electron chi connectivity index (χ3n) is 6.28. The van der Waals surface area contributed by atoms with E-state index in [4.69, 9.17) is 11.6 Å². The van der Waals surface area contributed by atoms with Crippen LogP contribution in [0.25, 0.3) is 5.82 Å². The molecule has 156 valence electrons. The molecule has 0 bridgehead atoms. The smallest absolute Gasteiger partial charge is 0.252 e. The molecule has 29 heavy (non-hydrogen) atoms. The molecule has 0 atom stereocenters. The fraction of sp³-hybridized carbons (Fsp3) is 0.600. The highest BCUT2D eigenvalue weighted by Gasteiger charge is 2.39. The lowest BCUT2D eigenvalue weighted by molar-refractivity contribution is 0.0138. The summed E-state index contributed by atoms with van der Waals surface area (Å²) in [5, 5.41) is 11.1. The molecule has 0 unspecified atom stereocenters. The summed E-state index contributed by atoms with van der Waals surface area (Å²) in [6.45, 7) is 4.96. The van der Waals surface area contributed by atoms with E-state index >= 15 is 0 Å². The maximum Gasteiger partial charge on any atom is 0.252 e. The van der Waals surface area contributed by atoms with Crippen molar-refractivity contribution in [3.8, 4) is 5.82 Å². The number of piperazine rings is 1. The van der Waals surface area contributed by atoms with Crippen LogP contribution in [0.3, 0.4) is 0 Å². The maximum atomic E-state index is 12.8. The zero-order valence-electron chi connectivity index (χ0n) is 16.8. The number of hydrogen-bond acceptors (Lipinski definition) is 6. The number of halogens is 1. The van der Waals surface area contributed by atoms with Crippen LogP contribution in [-0.4, -0.2) is 80.8 Å². The Hall–Kier alpha value is -2.03. The Morgan fingerprint density at radius 2 is 1.83 bits per heavy atom. The third kappa shape index (κ3) is 4.44. The zero-order chi connectivity index (χ0) is 20.3. The molecule has 1 saturated heterocycles. The number of rotatable bonds is 5. The Kier molecular flexibility index (Phi) is 6.12. The highest BCUT2D eigenvalue weighted by Crippen LogP contribution is 2.34. The van der Waals surface area contributed by atoms with Crippen molar-refractivity contribution in [2.24, 2.45) is 0 Å². The summed E-state index contributed by atoms with van der Waals surface area (Å²) in [4.78, 5) is 22.1. The number of carbonyl (C=O) groups excluding carboxylic acids is 1. The highest BCUT2D eigenvalue weighted by atomic mass is 35.5. The first-order chi connectivity index (χ1) is 14.1. The van der Waals surface area contributed by atoms with Gasteiger partial charge in [-0.05, 0) is 26.0 Å². The van der Waals surface area contributed by atoms with Gasteiger partial charge in [0.2, 0.25) is 0 Å². The van der Waals surface area contributed by atoms with Crippen molar-refractivity contribution in [2.45, 2.75) is 37.6 Å². The molecule has 2 aromatic heterocycles. The van der Waals surface area contributed by atoms with E-state index in [1.807, 2.05) is 0 Å². The number of amides is 1. The second-order valence-corrected chi connectivity index (χ2v) is 8.56. The third-order valence-corrected chi connectivity index (χ3v) is 6.56. The molecule has 2 aromatic rings. The molecule has 1 aliphatic heterocycles. The topological polar surface area (TPSA) is 79.2 Å². The molecule has 8 nitrogen and oxygen atoms in total. The van der Waals surface area contributed by atoms with Crippen LogP contribution in [0.5, 0.6) is 0 Å². The Bertz CT molecular complexity index is 827.